The Bertz CT molecular complexity index is 683. The SMILES string of the molecule is CC(C)OC(C)(C)C(C)(C)OC(=O)OC(C)CC(C)(C)OC(C)CC(C)(C)OC(=O)C(F)(F)F. The minimum absolute atomic E-state index is 0.0364. The van der Waals surface area contributed by atoms with Gasteiger partial charge < -0.3 is 23.7 Å². The highest BCUT2D eigenvalue weighted by Gasteiger charge is 2.45. The molecular weight excluding hydrogens is 457 g/mol. The molecule has 2 unspecified atom stereocenters. The van der Waals surface area contributed by atoms with Crippen LogP contribution in [0, 0.1) is 0 Å². The van der Waals surface area contributed by atoms with Gasteiger partial charge in [-0.1, -0.05) is 0 Å². The van der Waals surface area contributed by atoms with Crippen LogP contribution in [-0.4, -0.2) is 59.0 Å². The molecule has 0 aromatic heterocycles. The van der Waals surface area contributed by atoms with Crippen molar-refractivity contribution in [3.8, 4) is 0 Å². The Labute approximate surface area is 202 Å². The normalized spacial score (nSPS) is 15.6. The highest BCUT2D eigenvalue weighted by molar-refractivity contribution is 5.76. The maximum atomic E-state index is 12.5. The quantitative estimate of drug-likeness (QED) is 0.289. The van der Waals surface area contributed by atoms with E-state index in [0.29, 0.717) is 6.42 Å². The first-order chi connectivity index (χ1) is 14.9. The van der Waals surface area contributed by atoms with Crippen LogP contribution < -0.4 is 0 Å². The Kier molecular flexibility index (Phi) is 10.9. The summed E-state index contributed by atoms with van der Waals surface area (Å²) >= 11 is 0. The van der Waals surface area contributed by atoms with E-state index in [2.05, 4.69) is 4.74 Å². The van der Waals surface area contributed by atoms with Crippen LogP contribution in [0.1, 0.15) is 95.9 Å². The summed E-state index contributed by atoms with van der Waals surface area (Å²) in [7, 11) is 0. The zero-order valence-corrected chi connectivity index (χ0v) is 22.6. The molecular formula is C24H43F3O7. The van der Waals surface area contributed by atoms with Gasteiger partial charge in [-0.05, 0) is 83.1 Å². The first-order valence-electron chi connectivity index (χ1n) is 11.4. The molecule has 0 spiro atoms. The lowest BCUT2D eigenvalue weighted by atomic mass is 9.89. The summed E-state index contributed by atoms with van der Waals surface area (Å²) in [5, 5.41) is 0. The van der Waals surface area contributed by atoms with E-state index in [1.54, 1.807) is 41.5 Å². The molecule has 0 aromatic carbocycles. The van der Waals surface area contributed by atoms with Crippen LogP contribution in [-0.2, 0) is 28.5 Å². The third-order valence-corrected chi connectivity index (χ3v) is 5.29. The van der Waals surface area contributed by atoms with Gasteiger partial charge in [-0.3, -0.25) is 0 Å². The Balaban J connectivity index is 4.88. The molecule has 2 atom stereocenters. The van der Waals surface area contributed by atoms with E-state index < -0.39 is 52.9 Å². The van der Waals surface area contributed by atoms with Crippen LogP contribution in [0.15, 0.2) is 0 Å². The summed E-state index contributed by atoms with van der Waals surface area (Å²) in [6.45, 7) is 20.6. The number of carbonyl (C=O) groups is 2. The Hall–Kier alpha value is -1.55. The van der Waals surface area contributed by atoms with Crippen molar-refractivity contribution in [1.29, 1.82) is 0 Å². The first kappa shape index (κ1) is 32.5. The van der Waals surface area contributed by atoms with Crippen LogP contribution in [0.5, 0.6) is 0 Å². The number of carbonyl (C=O) groups excluding carboxylic acids is 2. The number of hydrogen-bond donors (Lipinski definition) is 0. The molecule has 202 valence electrons. The molecule has 0 rings (SSSR count). The van der Waals surface area contributed by atoms with E-state index >= 15 is 0 Å². The molecule has 0 bridgehead atoms. The molecule has 0 radical (unpaired) electrons. The maximum Gasteiger partial charge on any atom is 0.509 e. The molecule has 0 heterocycles. The number of rotatable bonds is 12. The fourth-order valence-electron chi connectivity index (χ4n) is 3.66. The molecule has 0 aromatic rings. The number of ether oxygens (including phenoxy) is 5. The van der Waals surface area contributed by atoms with Crippen LogP contribution in [0.2, 0.25) is 0 Å². The minimum atomic E-state index is -5.06. The summed E-state index contributed by atoms with van der Waals surface area (Å²) in [4.78, 5) is 23.6. The van der Waals surface area contributed by atoms with Crippen molar-refractivity contribution in [2.75, 3.05) is 0 Å². The standard InChI is InChI=1S/C24H43F3O7/c1-15(2)31-22(9,10)23(11,12)34-19(29)30-16(3)13-20(5,6)32-17(4)14-21(7,8)33-18(28)24(25,26)27/h15-17H,13-14H2,1-12H3. The number of alkyl halides is 3. The molecule has 0 amide bonds. The van der Waals surface area contributed by atoms with Gasteiger partial charge in [0.15, 0.2) is 0 Å². The molecule has 34 heavy (non-hydrogen) atoms. The Morgan fingerprint density at radius 2 is 1.15 bits per heavy atom. The van der Waals surface area contributed by atoms with Gasteiger partial charge >= 0.3 is 18.3 Å². The van der Waals surface area contributed by atoms with Gasteiger partial charge in [-0.2, -0.15) is 13.2 Å². The Morgan fingerprint density at radius 3 is 1.59 bits per heavy atom. The number of hydrogen-bond acceptors (Lipinski definition) is 7. The number of esters is 1. The van der Waals surface area contributed by atoms with Gasteiger partial charge in [0.2, 0.25) is 0 Å². The van der Waals surface area contributed by atoms with Crippen LogP contribution in [0.4, 0.5) is 18.0 Å². The first-order valence-corrected chi connectivity index (χ1v) is 11.4. The highest BCUT2D eigenvalue weighted by atomic mass is 19.4. The van der Waals surface area contributed by atoms with Crippen molar-refractivity contribution in [3.05, 3.63) is 0 Å². The van der Waals surface area contributed by atoms with E-state index in [4.69, 9.17) is 18.9 Å². The fraction of sp³-hybridized carbons (Fsp3) is 0.917. The van der Waals surface area contributed by atoms with Gasteiger partial charge in [-0.25, -0.2) is 9.59 Å². The molecule has 0 saturated heterocycles. The van der Waals surface area contributed by atoms with Crippen LogP contribution in [0.3, 0.4) is 0 Å². The second kappa shape index (κ2) is 11.5. The van der Waals surface area contributed by atoms with E-state index in [0.717, 1.165) is 0 Å². The van der Waals surface area contributed by atoms with Gasteiger partial charge in [-0.15, -0.1) is 0 Å². The van der Waals surface area contributed by atoms with Crippen molar-refractivity contribution in [3.63, 3.8) is 0 Å². The predicted molar refractivity (Wildman–Crippen MR) is 121 cm³/mol. The summed E-state index contributed by atoms with van der Waals surface area (Å²) in [5.74, 6) is -2.24. The lowest BCUT2D eigenvalue weighted by Crippen LogP contribution is -2.51. The lowest BCUT2D eigenvalue weighted by Gasteiger charge is -2.41. The van der Waals surface area contributed by atoms with E-state index in [1.807, 2.05) is 27.7 Å². The highest BCUT2D eigenvalue weighted by Crippen LogP contribution is 2.32. The summed E-state index contributed by atoms with van der Waals surface area (Å²) in [6, 6.07) is 0. The lowest BCUT2D eigenvalue weighted by molar-refractivity contribution is -0.214. The van der Waals surface area contributed by atoms with Crippen molar-refractivity contribution in [2.45, 2.75) is 143 Å². The topological polar surface area (TPSA) is 80.3 Å². The molecule has 7 nitrogen and oxygen atoms in total. The van der Waals surface area contributed by atoms with Gasteiger partial charge in [0.1, 0.15) is 22.9 Å². The zero-order chi connectivity index (χ0) is 27.3. The van der Waals surface area contributed by atoms with E-state index in [1.165, 1.54) is 13.8 Å². The summed E-state index contributed by atoms with van der Waals surface area (Å²) < 4.78 is 64.8. The van der Waals surface area contributed by atoms with Gasteiger partial charge in [0.05, 0.1) is 17.8 Å². The second-order valence-electron chi connectivity index (χ2n) is 11.2. The minimum Gasteiger partial charge on any atom is -0.453 e. The summed E-state index contributed by atoms with van der Waals surface area (Å²) in [5.41, 5.74) is -3.90. The zero-order valence-electron chi connectivity index (χ0n) is 22.6. The average molecular weight is 501 g/mol. The van der Waals surface area contributed by atoms with E-state index in [9.17, 15) is 22.8 Å². The molecule has 0 saturated carbocycles. The molecule has 0 aliphatic rings. The van der Waals surface area contributed by atoms with E-state index in [-0.39, 0.29) is 12.5 Å². The van der Waals surface area contributed by atoms with Crippen molar-refractivity contribution >= 4 is 12.1 Å². The van der Waals surface area contributed by atoms with Crippen molar-refractivity contribution in [1.82, 2.24) is 0 Å². The summed E-state index contributed by atoms with van der Waals surface area (Å²) in [6.07, 6.45) is -6.76. The molecule has 0 aliphatic heterocycles. The van der Waals surface area contributed by atoms with Crippen LogP contribution in [0.25, 0.3) is 0 Å². The second-order valence-corrected chi connectivity index (χ2v) is 11.2. The smallest absolute Gasteiger partial charge is 0.453 e. The van der Waals surface area contributed by atoms with Gasteiger partial charge in [0.25, 0.3) is 0 Å². The van der Waals surface area contributed by atoms with Crippen LogP contribution >= 0.6 is 0 Å². The van der Waals surface area contributed by atoms with Gasteiger partial charge in [0, 0.05) is 12.8 Å². The molecule has 10 heteroatoms. The molecule has 0 aliphatic carbocycles. The fourth-order valence-corrected chi connectivity index (χ4v) is 3.66. The maximum absolute atomic E-state index is 12.5. The number of halogens is 3. The average Bonchev–Trinajstić information content (AvgIpc) is 2.48. The monoisotopic (exact) mass is 500 g/mol. The third kappa shape index (κ3) is 11.7. The van der Waals surface area contributed by atoms with Crippen molar-refractivity contribution in [2.24, 2.45) is 0 Å². The molecule has 0 fully saturated rings. The third-order valence-electron chi connectivity index (χ3n) is 5.29. The molecule has 0 N–H and O–H groups in total. The predicted octanol–water partition coefficient (Wildman–Crippen LogP) is 6.36. The van der Waals surface area contributed by atoms with Crippen molar-refractivity contribution < 1.29 is 46.4 Å². The largest absolute Gasteiger partial charge is 0.509 e. The Morgan fingerprint density at radius 1 is 0.676 bits per heavy atom.